The molecule has 0 radical (unpaired) electrons. The molecule has 0 atom stereocenters. The standard InChI is InChI=1S/C15H23ClN4O2/c1-14(2,3)22-13(21)19-15(4)5-7-20(8-6-15)12-9-11(16)17-10-18-12/h9-10H,5-8H2,1-4H3,(H,19,21). The number of halogens is 1. The number of hydrogen-bond donors (Lipinski definition) is 1. The van der Waals surface area contributed by atoms with E-state index >= 15 is 0 Å². The van der Waals surface area contributed by atoms with Crippen LogP contribution >= 0.6 is 11.6 Å². The van der Waals surface area contributed by atoms with Crippen molar-refractivity contribution < 1.29 is 9.53 Å². The molecule has 1 N–H and O–H groups in total. The summed E-state index contributed by atoms with van der Waals surface area (Å²) in [5, 5.41) is 3.42. The summed E-state index contributed by atoms with van der Waals surface area (Å²) < 4.78 is 5.33. The number of rotatable bonds is 2. The highest BCUT2D eigenvalue weighted by Gasteiger charge is 2.33. The third-order valence-electron chi connectivity index (χ3n) is 3.61. The maximum atomic E-state index is 11.9. The van der Waals surface area contributed by atoms with Gasteiger partial charge in [0.2, 0.25) is 0 Å². The van der Waals surface area contributed by atoms with Gasteiger partial charge in [0.1, 0.15) is 22.9 Å². The van der Waals surface area contributed by atoms with Crippen molar-refractivity contribution in [2.75, 3.05) is 18.0 Å². The average molecular weight is 327 g/mol. The highest BCUT2D eigenvalue weighted by Crippen LogP contribution is 2.26. The number of ether oxygens (including phenoxy) is 1. The molecule has 6 nitrogen and oxygen atoms in total. The van der Waals surface area contributed by atoms with Crippen LogP contribution in [0.25, 0.3) is 0 Å². The molecular formula is C15H23ClN4O2. The molecule has 1 aromatic rings. The third-order valence-corrected chi connectivity index (χ3v) is 3.82. The Kier molecular flexibility index (Phi) is 4.80. The van der Waals surface area contributed by atoms with Gasteiger partial charge in [-0.25, -0.2) is 14.8 Å². The molecule has 2 heterocycles. The summed E-state index contributed by atoms with van der Waals surface area (Å²) >= 11 is 5.90. The number of aromatic nitrogens is 2. The molecule has 0 saturated carbocycles. The molecule has 0 aliphatic carbocycles. The molecule has 7 heteroatoms. The summed E-state index contributed by atoms with van der Waals surface area (Å²) in [4.78, 5) is 22.2. The minimum absolute atomic E-state index is 0.268. The van der Waals surface area contributed by atoms with Gasteiger partial charge in [0.05, 0.1) is 0 Å². The van der Waals surface area contributed by atoms with Crippen molar-refractivity contribution in [1.29, 1.82) is 0 Å². The first-order valence-corrected chi connectivity index (χ1v) is 7.78. The molecule has 1 amide bonds. The highest BCUT2D eigenvalue weighted by atomic mass is 35.5. The number of carbonyl (C=O) groups excluding carboxylic acids is 1. The summed E-state index contributed by atoms with van der Waals surface area (Å²) in [5.41, 5.74) is -0.755. The van der Waals surface area contributed by atoms with Crippen LogP contribution in [0.3, 0.4) is 0 Å². The zero-order valence-corrected chi connectivity index (χ0v) is 14.3. The monoisotopic (exact) mass is 326 g/mol. The van der Waals surface area contributed by atoms with Crippen LogP contribution in [0.15, 0.2) is 12.4 Å². The van der Waals surface area contributed by atoms with Gasteiger partial charge in [0.25, 0.3) is 0 Å². The summed E-state index contributed by atoms with van der Waals surface area (Å²) in [5.74, 6) is 0.819. The van der Waals surface area contributed by atoms with Gasteiger partial charge in [-0.3, -0.25) is 0 Å². The van der Waals surface area contributed by atoms with E-state index in [9.17, 15) is 4.79 Å². The molecule has 0 bridgehead atoms. The smallest absolute Gasteiger partial charge is 0.408 e. The number of anilines is 1. The second kappa shape index (κ2) is 6.28. The van der Waals surface area contributed by atoms with E-state index in [0.29, 0.717) is 5.15 Å². The Morgan fingerprint density at radius 3 is 2.55 bits per heavy atom. The van der Waals surface area contributed by atoms with Crippen LogP contribution < -0.4 is 10.2 Å². The SMILES string of the molecule is CC1(NC(=O)OC(C)(C)C)CCN(c2cc(Cl)ncn2)CC1. The van der Waals surface area contributed by atoms with Crippen LogP contribution in [-0.4, -0.2) is 40.3 Å². The molecule has 2 rings (SSSR count). The predicted molar refractivity (Wildman–Crippen MR) is 86.3 cm³/mol. The number of amides is 1. The van der Waals surface area contributed by atoms with Crippen LogP contribution in [0.2, 0.25) is 5.15 Å². The average Bonchev–Trinajstić information content (AvgIpc) is 2.36. The molecule has 1 fully saturated rings. The van der Waals surface area contributed by atoms with Gasteiger partial charge in [0.15, 0.2) is 0 Å². The second-order valence-corrected chi connectivity index (χ2v) is 7.26. The van der Waals surface area contributed by atoms with Gasteiger partial charge in [-0.1, -0.05) is 11.6 Å². The van der Waals surface area contributed by atoms with E-state index in [1.54, 1.807) is 6.07 Å². The molecule has 122 valence electrons. The maximum Gasteiger partial charge on any atom is 0.408 e. The second-order valence-electron chi connectivity index (χ2n) is 6.87. The van der Waals surface area contributed by atoms with Crippen LogP contribution in [0.1, 0.15) is 40.5 Å². The van der Waals surface area contributed by atoms with Crippen LogP contribution in [0.4, 0.5) is 10.6 Å². The number of nitrogens with one attached hydrogen (secondary N) is 1. The minimum Gasteiger partial charge on any atom is -0.444 e. The molecule has 1 aliphatic heterocycles. The van der Waals surface area contributed by atoms with Gasteiger partial charge in [0, 0.05) is 24.7 Å². The number of nitrogens with zero attached hydrogens (tertiary/aromatic N) is 3. The molecule has 22 heavy (non-hydrogen) atoms. The van der Waals surface area contributed by atoms with E-state index in [1.807, 2.05) is 27.7 Å². The Bertz CT molecular complexity index is 537. The Hall–Kier alpha value is -1.56. The Morgan fingerprint density at radius 1 is 1.36 bits per heavy atom. The van der Waals surface area contributed by atoms with Crippen molar-refractivity contribution in [3.8, 4) is 0 Å². The first-order chi connectivity index (χ1) is 10.2. The van der Waals surface area contributed by atoms with Crippen LogP contribution in [-0.2, 0) is 4.74 Å². The van der Waals surface area contributed by atoms with Gasteiger partial charge in [-0.2, -0.15) is 0 Å². The van der Waals surface area contributed by atoms with E-state index in [1.165, 1.54) is 6.33 Å². The lowest BCUT2D eigenvalue weighted by Crippen LogP contribution is -2.54. The minimum atomic E-state index is -0.487. The number of carbonyl (C=O) groups is 1. The van der Waals surface area contributed by atoms with Gasteiger partial charge in [-0.15, -0.1) is 0 Å². The third kappa shape index (κ3) is 4.73. The summed E-state index contributed by atoms with van der Waals surface area (Å²) in [6.45, 7) is 9.20. The van der Waals surface area contributed by atoms with Gasteiger partial charge in [-0.05, 0) is 40.5 Å². The molecule has 0 aromatic carbocycles. The number of hydrogen-bond acceptors (Lipinski definition) is 5. The molecule has 1 saturated heterocycles. The molecule has 0 unspecified atom stereocenters. The van der Waals surface area contributed by atoms with Crippen LogP contribution in [0, 0.1) is 0 Å². The van der Waals surface area contributed by atoms with Crippen molar-refractivity contribution in [1.82, 2.24) is 15.3 Å². The molecule has 1 aromatic heterocycles. The number of alkyl carbamates (subject to hydrolysis) is 1. The molecule has 0 spiro atoms. The van der Waals surface area contributed by atoms with Crippen molar-refractivity contribution in [3.05, 3.63) is 17.5 Å². The zero-order valence-electron chi connectivity index (χ0n) is 13.5. The summed E-state index contributed by atoms with van der Waals surface area (Å²) in [7, 11) is 0. The lowest BCUT2D eigenvalue weighted by Gasteiger charge is -2.40. The maximum absolute atomic E-state index is 11.9. The lowest BCUT2D eigenvalue weighted by molar-refractivity contribution is 0.0448. The van der Waals surface area contributed by atoms with E-state index in [2.05, 4.69) is 20.2 Å². The van der Waals surface area contributed by atoms with Crippen molar-refractivity contribution in [2.45, 2.75) is 51.7 Å². The van der Waals surface area contributed by atoms with Crippen LogP contribution in [0.5, 0.6) is 0 Å². The normalized spacial score (nSPS) is 18.0. The summed E-state index contributed by atoms with van der Waals surface area (Å²) in [6.07, 6.45) is 2.72. The number of piperidine rings is 1. The lowest BCUT2D eigenvalue weighted by atomic mass is 9.90. The van der Waals surface area contributed by atoms with Crippen molar-refractivity contribution in [2.24, 2.45) is 0 Å². The van der Waals surface area contributed by atoms with Crippen molar-refractivity contribution >= 4 is 23.5 Å². The summed E-state index contributed by atoms with van der Waals surface area (Å²) in [6, 6.07) is 1.76. The van der Waals surface area contributed by atoms with E-state index in [-0.39, 0.29) is 11.6 Å². The van der Waals surface area contributed by atoms with E-state index in [0.717, 1.165) is 31.7 Å². The van der Waals surface area contributed by atoms with E-state index in [4.69, 9.17) is 16.3 Å². The molecular weight excluding hydrogens is 304 g/mol. The first-order valence-electron chi connectivity index (χ1n) is 7.41. The van der Waals surface area contributed by atoms with Crippen molar-refractivity contribution in [3.63, 3.8) is 0 Å². The topological polar surface area (TPSA) is 67.3 Å². The fourth-order valence-corrected chi connectivity index (χ4v) is 2.54. The van der Waals surface area contributed by atoms with Gasteiger partial charge >= 0.3 is 6.09 Å². The zero-order chi connectivity index (χ0) is 16.4. The Morgan fingerprint density at radius 2 is 2.00 bits per heavy atom. The largest absolute Gasteiger partial charge is 0.444 e. The predicted octanol–water partition coefficient (Wildman–Crippen LogP) is 3.01. The first kappa shape index (κ1) is 16.8. The quantitative estimate of drug-likeness (QED) is 0.846. The highest BCUT2D eigenvalue weighted by molar-refractivity contribution is 6.29. The fourth-order valence-electron chi connectivity index (χ4n) is 2.40. The van der Waals surface area contributed by atoms with E-state index < -0.39 is 5.60 Å². The fraction of sp³-hybridized carbons (Fsp3) is 0.667. The Labute approximate surface area is 136 Å². The Balaban J connectivity index is 1.91. The molecule has 1 aliphatic rings. The van der Waals surface area contributed by atoms with Gasteiger partial charge < -0.3 is 15.0 Å².